The summed E-state index contributed by atoms with van der Waals surface area (Å²) in [4.78, 5) is 25.2. The molecule has 1 unspecified atom stereocenters. The highest BCUT2D eigenvalue weighted by atomic mass is 79.9. The number of thiophene rings is 1. The third kappa shape index (κ3) is 2.82. The minimum Gasteiger partial charge on any atom is -0.481 e. The number of methoxy groups -OCH3 is 1. The SMILES string of the molecule is COCC1(C(=O)O)CCN(C(=O)c2csc(Br)c2)C1. The fraction of sp³-hybridized carbons (Fsp3) is 0.500. The number of hydrogen-bond acceptors (Lipinski definition) is 4. The Hall–Kier alpha value is -0.920. The van der Waals surface area contributed by atoms with E-state index in [2.05, 4.69) is 15.9 Å². The number of rotatable bonds is 4. The lowest BCUT2D eigenvalue weighted by atomic mass is 9.88. The third-order valence-corrected chi connectivity index (χ3v) is 4.83. The zero-order valence-corrected chi connectivity index (χ0v) is 12.8. The number of ether oxygens (including phenoxy) is 1. The van der Waals surface area contributed by atoms with Crippen LogP contribution in [0.5, 0.6) is 0 Å². The van der Waals surface area contributed by atoms with Gasteiger partial charge in [0.25, 0.3) is 5.91 Å². The van der Waals surface area contributed by atoms with Gasteiger partial charge in [-0.3, -0.25) is 9.59 Å². The number of nitrogens with zero attached hydrogens (tertiary/aromatic N) is 1. The summed E-state index contributed by atoms with van der Waals surface area (Å²) in [5, 5.41) is 11.1. The predicted molar refractivity (Wildman–Crippen MR) is 74.5 cm³/mol. The van der Waals surface area contributed by atoms with E-state index in [1.807, 2.05) is 0 Å². The molecule has 1 N–H and O–H groups in total. The van der Waals surface area contributed by atoms with Gasteiger partial charge in [-0.05, 0) is 28.4 Å². The molecular weight excluding hydrogens is 334 g/mol. The van der Waals surface area contributed by atoms with Crippen LogP contribution in [0.2, 0.25) is 0 Å². The van der Waals surface area contributed by atoms with E-state index in [1.54, 1.807) is 16.3 Å². The minimum atomic E-state index is -0.975. The maximum absolute atomic E-state index is 12.3. The Balaban J connectivity index is 2.13. The molecule has 0 bridgehead atoms. The van der Waals surface area contributed by atoms with E-state index in [0.29, 0.717) is 18.5 Å². The lowest BCUT2D eigenvalue weighted by Crippen LogP contribution is -2.40. The van der Waals surface area contributed by atoms with Gasteiger partial charge in [-0.15, -0.1) is 11.3 Å². The van der Waals surface area contributed by atoms with Gasteiger partial charge in [-0.25, -0.2) is 0 Å². The Kier molecular flexibility index (Phi) is 4.27. The largest absolute Gasteiger partial charge is 0.481 e. The summed E-state index contributed by atoms with van der Waals surface area (Å²) < 4.78 is 5.89. The topological polar surface area (TPSA) is 66.8 Å². The number of carbonyl (C=O) groups is 2. The molecule has 0 radical (unpaired) electrons. The molecule has 7 heteroatoms. The zero-order chi connectivity index (χ0) is 14.0. The fourth-order valence-electron chi connectivity index (χ4n) is 2.28. The maximum Gasteiger partial charge on any atom is 0.313 e. The number of likely N-dealkylation sites (tertiary alicyclic amines) is 1. The second-order valence-corrected chi connectivity index (χ2v) is 6.93. The number of carboxylic acid groups (broad SMARTS) is 1. The Morgan fingerprint density at radius 1 is 1.63 bits per heavy atom. The van der Waals surface area contributed by atoms with Crippen LogP contribution in [0.4, 0.5) is 0 Å². The molecule has 0 aromatic carbocycles. The van der Waals surface area contributed by atoms with E-state index >= 15 is 0 Å². The fourth-order valence-corrected chi connectivity index (χ4v) is 3.41. The van der Waals surface area contributed by atoms with Gasteiger partial charge in [0.1, 0.15) is 5.41 Å². The molecule has 1 aromatic heterocycles. The first-order chi connectivity index (χ1) is 8.98. The van der Waals surface area contributed by atoms with Crippen LogP contribution in [0, 0.1) is 5.41 Å². The maximum atomic E-state index is 12.3. The van der Waals surface area contributed by atoms with Gasteiger partial charge in [0.15, 0.2) is 0 Å². The highest BCUT2D eigenvalue weighted by molar-refractivity contribution is 9.11. The smallest absolute Gasteiger partial charge is 0.313 e. The summed E-state index contributed by atoms with van der Waals surface area (Å²) in [5.74, 6) is -1.03. The molecule has 2 rings (SSSR count). The second kappa shape index (κ2) is 5.60. The Bertz CT molecular complexity index is 504. The van der Waals surface area contributed by atoms with Crippen molar-refractivity contribution < 1.29 is 19.4 Å². The van der Waals surface area contributed by atoms with E-state index in [-0.39, 0.29) is 19.1 Å². The highest BCUT2D eigenvalue weighted by Crippen LogP contribution is 2.33. The number of aliphatic carboxylic acids is 1. The average molecular weight is 348 g/mol. The molecule has 0 saturated carbocycles. The molecule has 1 fully saturated rings. The van der Waals surface area contributed by atoms with Crippen molar-refractivity contribution in [1.82, 2.24) is 4.90 Å². The van der Waals surface area contributed by atoms with Crippen molar-refractivity contribution in [2.75, 3.05) is 26.8 Å². The molecule has 1 aliphatic rings. The van der Waals surface area contributed by atoms with E-state index < -0.39 is 11.4 Å². The molecule has 1 aromatic rings. The first-order valence-corrected chi connectivity index (χ1v) is 7.41. The summed E-state index contributed by atoms with van der Waals surface area (Å²) in [6, 6.07) is 1.75. The van der Waals surface area contributed by atoms with Crippen LogP contribution < -0.4 is 0 Å². The van der Waals surface area contributed by atoms with Gasteiger partial charge in [0.2, 0.25) is 0 Å². The lowest BCUT2D eigenvalue weighted by Gasteiger charge is -2.23. The van der Waals surface area contributed by atoms with Crippen LogP contribution in [0.1, 0.15) is 16.8 Å². The van der Waals surface area contributed by atoms with E-state index in [1.165, 1.54) is 18.4 Å². The highest BCUT2D eigenvalue weighted by Gasteiger charge is 2.46. The van der Waals surface area contributed by atoms with E-state index in [9.17, 15) is 14.7 Å². The van der Waals surface area contributed by atoms with Gasteiger partial charge in [0, 0.05) is 25.6 Å². The van der Waals surface area contributed by atoms with E-state index in [4.69, 9.17) is 4.74 Å². The number of carbonyl (C=O) groups excluding carboxylic acids is 1. The third-order valence-electron chi connectivity index (χ3n) is 3.33. The second-order valence-electron chi connectivity index (χ2n) is 4.63. The molecule has 19 heavy (non-hydrogen) atoms. The van der Waals surface area contributed by atoms with Crippen molar-refractivity contribution in [2.24, 2.45) is 5.41 Å². The Labute approximate surface area is 123 Å². The van der Waals surface area contributed by atoms with Crippen LogP contribution in [0.3, 0.4) is 0 Å². The molecule has 1 atom stereocenters. The Morgan fingerprint density at radius 3 is 2.89 bits per heavy atom. The normalized spacial score (nSPS) is 22.7. The summed E-state index contributed by atoms with van der Waals surface area (Å²) >= 11 is 4.75. The van der Waals surface area contributed by atoms with Crippen molar-refractivity contribution in [3.63, 3.8) is 0 Å². The number of amides is 1. The average Bonchev–Trinajstić information content (AvgIpc) is 2.96. The molecule has 104 valence electrons. The van der Waals surface area contributed by atoms with Crippen LogP contribution in [-0.2, 0) is 9.53 Å². The van der Waals surface area contributed by atoms with Crippen LogP contribution >= 0.6 is 27.3 Å². The molecule has 1 amide bonds. The molecule has 1 aliphatic heterocycles. The van der Waals surface area contributed by atoms with Gasteiger partial charge in [0.05, 0.1) is 16.0 Å². The molecule has 2 heterocycles. The zero-order valence-electron chi connectivity index (χ0n) is 10.4. The number of halogens is 1. The van der Waals surface area contributed by atoms with Crippen molar-refractivity contribution in [3.05, 3.63) is 20.8 Å². The molecule has 1 saturated heterocycles. The molecule has 0 spiro atoms. The summed E-state index contributed by atoms with van der Waals surface area (Å²) in [5.41, 5.74) is -0.382. The number of carboxylic acids is 1. The lowest BCUT2D eigenvalue weighted by molar-refractivity contribution is -0.151. The van der Waals surface area contributed by atoms with Crippen LogP contribution in [-0.4, -0.2) is 48.7 Å². The summed E-state index contributed by atoms with van der Waals surface area (Å²) in [6.45, 7) is 0.768. The Morgan fingerprint density at radius 2 is 2.37 bits per heavy atom. The van der Waals surface area contributed by atoms with Crippen molar-refractivity contribution in [1.29, 1.82) is 0 Å². The quantitative estimate of drug-likeness (QED) is 0.905. The standard InChI is InChI=1S/C12H14BrNO4S/c1-18-7-12(11(16)17)2-3-14(6-12)10(15)8-4-9(13)19-5-8/h4-5H,2-3,6-7H2,1H3,(H,16,17). The van der Waals surface area contributed by atoms with Crippen LogP contribution in [0.25, 0.3) is 0 Å². The summed E-state index contributed by atoms with van der Waals surface area (Å²) in [7, 11) is 1.48. The van der Waals surface area contributed by atoms with Crippen molar-refractivity contribution in [2.45, 2.75) is 6.42 Å². The van der Waals surface area contributed by atoms with Crippen molar-refractivity contribution in [3.8, 4) is 0 Å². The monoisotopic (exact) mass is 347 g/mol. The van der Waals surface area contributed by atoms with Gasteiger partial charge < -0.3 is 14.7 Å². The van der Waals surface area contributed by atoms with Gasteiger partial charge in [-0.2, -0.15) is 0 Å². The van der Waals surface area contributed by atoms with E-state index in [0.717, 1.165) is 3.79 Å². The minimum absolute atomic E-state index is 0.124. The molecule has 5 nitrogen and oxygen atoms in total. The first kappa shape index (κ1) is 14.5. The van der Waals surface area contributed by atoms with Crippen LogP contribution in [0.15, 0.2) is 15.2 Å². The van der Waals surface area contributed by atoms with Gasteiger partial charge >= 0.3 is 5.97 Å². The van der Waals surface area contributed by atoms with Crippen molar-refractivity contribution >= 4 is 39.1 Å². The number of hydrogen-bond donors (Lipinski definition) is 1. The first-order valence-electron chi connectivity index (χ1n) is 5.74. The molecule has 0 aliphatic carbocycles. The predicted octanol–water partition coefficient (Wildman–Crippen LogP) is 2.07. The van der Waals surface area contributed by atoms with Gasteiger partial charge in [-0.1, -0.05) is 0 Å². The summed E-state index contributed by atoms with van der Waals surface area (Å²) in [6.07, 6.45) is 0.424. The molecular formula is C12H14BrNO4S.